The Kier molecular flexibility index (Phi) is 1.92. The van der Waals surface area contributed by atoms with Gasteiger partial charge in [-0.15, -0.1) is 0 Å². The topological polar surface area (TPSA) is 32.3 Å². The van der Waals surface area contributed by atoms with E-state index in [0.29, 0.717) is 5.54 Å². The second-order valence-corrected chi connectivity index (χ2v) is 4.83. The van der Waals surface area contributed by atoms with Crippen LogP contribution >= 0.6 is 0 Å². The summed E-state index contributed by atoms with van der Waals surface area (Å²) in [5.41, 5.74) is 0.432. The maximum absolute atomic E-state index is 9.21. The first-order chi connectivity index (χ1) is 5.68. The fraction of sp³-hybridized carbons (Fsp3) is 1.00. The molecule has 0 aromatic rings. The van der Waals surface area contributed by atoms with Gasteiger partial charge < -0.3 is 10.4 Å². The molecule has 1 saturated heterocycles. The van der Waals surface area contributed by atoms with E-state index in [-0.39, 0.29) is 12.1 Å². The van der Waals surface area contributed by atoms with Crippen molar-refractivity contribution < 1.29 is 5.11 Å². The molecule has 2 nitrogen and oxygen atoms in total. The second kappa shape index (κ2) is 2.71. The van der Waals surface area contributed by atoms with Crippen LogP contribution in [0.5, 0.6) is 0 Å². The lowest BCUT2D eigenvalue weighted by Crippen LogP contribution is -2.49. The number of aliphatic hydroxyl groups excluding tert-OH is 1. The highest BCUT2D eigenvalue weighted by Gasteiger charge is 2.45. The van der Waals surface area contributed by atoms with Gasteiger partial charge in [-0.1, -0.05) is 12.8 Å². The van der Waals surface area contributed by atoms with Crippen LogP contribution in [0.3, 0.4) is 0 Å². The number of hydrogen-bond acceptors (Lipinski definition) is 2. The summed E-state index contributed by atoms with van der Waals surface area (Å²) in [5.74, 6) is 0. The van der Waals surface area contributed by atoms with E-state index in [1.807, 2.05) is 0 Å². The van der Waals surface area contributed by atoms with Crippen molar-refractivity contribution in [3.8, 4) is 0 Å². The average Bonchev–Trinajstić information content (AvgIpc) is 2.63. The molecule has 0 amide bonds. The minimum absolute atomic E-state index is 0.0182. The molecule has 0 aromatic heterocycles. The van der Waals surface area contributed by atoms with Crippen molar-refractivity contribution in [2.75, 3.05) is 6.61 Å². The van der Waals surface area contributed by atoms with Crippen LogP contribution < -0.4 is 5.32 Å². The summed E-state index contributed by atoms with van der Waals surface area (Å²) in [4.78, 5) is 0. The summed E-state index contributed by atoms with van der Waals surface area (Å²) in [5, 5.41) is 12.8. The van der Waals surface area contributed by atoms with Crippen LogP contribution in [0.25, 0.3) is 0 Å². The minimum atomic E-state index is 0.0182. The van der Waals surface area contributed by atoms with Gasteiger partial charge in [-0.05, 0) is 32.6 Å². The summed E-state index contributed by atoms with van der Waals surface area (Å²) in [6, 6.07) is 0. The second-order valence-electron chi connectivity index (χ2n) is 4.83. The summed E-state index contributed by atoms with van der Waals surface area (Å²) in [6.45, 7) is 2.43. The van der Waals surface area contributed by atoms with Crippen molar-refractivity contribution in [3.63, 3.8) is 0 Å². The smallest absolute Gasteiger partial charge is 0.0610 e. The predicted octanol–water partition coefficient (Wildman–Crippen LogP) is 1.43. The Morgan fingerprint density at radius 3 is 2.33 bits per heavy atom. The van der Waals surface area contributed by atoms with Gasteiger partial charge in [0.25, 0.3) is 0 Å². The van der Waals surface area contributed by atoms with Crippen molar-refractivity contribution in [1.29, 1.82) is 0 Å². The van der Waals surface area contributed by atoms with E-state index >= 15 is 0 Å². The zero-order valence-electron chi connectivity index (χ0n) is 7.90. The first kappa shape index (κ1) is 8.52. The van der Waals surface area contributed by atoms with Crippen molar-refractivity contribution >= 4 is 0 Å². The summed E-state index contributed by atoms with van der Waals surface area (Å²) >= 11 is 0. The van der Waals surface area contributed by atoms with Gasteiger partial charge in [0.15, 0.2) is 0 Å². The van der Waals surface area contributed by atoms with Crippen LogP contribution in [-0.2, 0) is 0 Å². The molecular formula is C10H19NO. The van der Waals surface area contributed by atoms with Crippen LogP contribution in [-0.4, -0.2) is 22.8 Å². The molecule has 1 unspecified atom stereocenters. The molecule has 70 valence electrons. The van der Waals surface area contributed by atoms with Crippen LogP contribution in [0.15, 0.2) is 0 Å². The van der Waals surface area contributed by atoms with E-state index in [0.717, 1.165) is 6.42 Å². The largest absolute Gasteiger partial charge is 0.394 e. The Labute approximate surface area is 74.4 Å². The van der Waals surface area contributed by atoms with Gasteiger partial charge in [-0.2, -0.15) is 0 Å². The molecule has 2 fully saturated rings. The molecule has 1 aliphatic carbocycles. The maximum Gasteiger partial charge on any atom is 0.0610 e. The van der Waals surface area contributed by atoms with Gasteiger partial charge >= 0.3 is 0 Å². The highest BCUT2D eigenvalue weighted by atomic mass is 16.3. The molecule has 1 spiro atoms. The first-order valence-electron chi connectivity index (χ1n) is 5.08. The van der Waals surface area contributed by atoms with Crippen molar-refractivity contribution in [2.45, 2.75) is 56.5 Å². The fourth-order valence-electron chi connectivity index (χ4n) is 2.83. The zero-order valence-corrected chi connectivity index (χ0v) is 7.90. The average molecular weight is 169 g/mol. The van der Waals surface area contributed by atoms with Crippen LogP contribution in [0, 0.1) is 0 Å². The molecule has 0 bridgehead atoms. The Morgan fingerprint density at radius 1 is 1.17 bits per heavy atom. The lowest BCUT2D eigenvalue weighted by atomic mass is 9.95. The molecule has 1 atom stereocenters. The standard InChI is InChI=1S/C10H19NO/c1-9(8-12)6-7-10(11-9)4-2-3-5-10/h11-12H,2-8H2,1H3. The predicted molar refractivity (Wildman–Crippen MR) is 49.1 cm³/mol. The normalized spacial score (nSPS) is 39.5. The Balaban J connectivity index is 2.05. The van der Waals surface area contributed by atoms with Gasteiger partial charge in [0, 0.05) is 11.1 Å². The number of rotatable bonds is 1. The molecule has 1 heterocycles. The third kappa shape index (κ3) is 1.27. The number of hydrogen-bond donors (Lipinski definition) is 2. The maximum atomic E-state index is 9.21. The van der Waals surface area contributed by atoms with Gasteiger partial charge in [-0.3, -0.25) is 0 Å². The van der Waals surface area contributed by atoms with E-state index in [4.69, 9.17) is 0 Å². The molecule has 2 N–H and O–H groups in total. The lowest BCUT2D eigenvalue weighted by molar-refractivity contribution is 0.175. The van der Waals surface area contributed by atoms with Crippen molar-refractivity contribution in [3.05, 3.63) is 0 Å². The molecule has 2 aliphatic rings. The van der Waals surface area contributed by atoms with Crippen molar-refractivity contribution in [1.82, 2.24) is 5.32 Å². The zero-order chi connectivity index (χ0) is 8.66. The molecule has 12 heavy (non-hydrogen) atoms. The summed E-state index contributed by atoms with van der Waals surface area (Å²) in [7, 11) is 0. The lowest BCUT2D eigenvalue weighted by Gasteiger charge is -2.29. The minimum Gasteiger partial charge on any atom is -0.394 e. The Morgan fingerprint density at radius 2 is 1.83 bits per heavy atom. The van der Waals surface area contributed by atoms with Crippen LogP contribution in [0.2, 0.25) is 0 Å². The van der Waals surface area contributed by atoms with E-state index in [2.05, 4.69) is 12.2 Å². The van der Waals surface area contributed by atoms with E-state index in [9.17, 15) is 5.11 Å². The fourth-order valence-corrected chi connectivity index (χ4v) is 2.83. The van der Waals surface area contributed by atoms with Gasteiger partial charge in [0.05, 0.1) is 6.61 Å². The van der Waals surface area contributed by atoms with E-state index in [1.165, 1.54) is 32.1 Å². The van der Waals surface area contributed by atoms with Gasteiger partial charge in [0.1, 0.15) is 0 Å². The Hall–Kier alpha value is -0.0800. The van der Waals surface area contributed by atoms with Gasteiger partial charge in [0.2, 0.25) is 0 Å². The van der Waals surface area contributed by atoms with Crippen LogP contribution in [0.1, 0.15) is 45.4 Å². The first-order valence-corrected chi connectivity index (χ1v) is 5.08. The van der Waals surface area contributed by atoms with Crippen molar-refractivity contribution in [2.24, 2.45) is 0 Å². The molecule has 0 aromatic carbocycles. The van der Waals surface area contributed by atoms with Gasteiger partial charge in [-0.25, -0.2) is 0 Å². The monoisotopic (exact) mass is 169 g/mol. The number of aliphatic hydroxyl groups is 1. The molecule has 2 heteroatoms. The Bertz CT molecular complexity index is 175. The molecule has 1 aliphatic heterocycles. The molecule has 1 saturated carbocycles. The SMILES string of the molecule is CC1(CO)CCC2(CCCC2)N1. The molecule has 2 rings (SSSR count). The van der Waals surface area contributed by atoms with E-state index < -0.39 is 0 Å². The third-order valence-corrected chi connectivity index (χ3v) is 3.63. The summed E-state index contributed by atoms with van der Waals surface area (Å²) < 4.78 is 0. The van der Waals surface area contributed by atoms with E-state index in [1.54, 1.807) is 0 Å². The third-order valence-electron chi connectivity index (χ3n) is 3.63. The number of nitrogens with one attached hydrogen (secondary N) is 1. The highest BCUT2D eigenvalue weighted by molar-refractivity contribution is 5.05. The van der Waals surface area contributed by atoms with Crippen LogP contribution in [0.4, 0.5) is 0 Å². The quantitative estimate of drug-likeness (QED) is 0.622. The highest BCUT2D eigenvalue weighted by Crippen LogP contribution is 2.41. The molecular weight excluding hydrogens is 150 g/mol. The summed E-state index contributed by atoms with van der Waals surface area (Å²) in [6.07, 6.45) is 7.79. The molecule has 0 radical (unpaired) electrons.